The fourth-order valence-corrected chi connectivity index (χ4v) is 3.13. The van der Waals surface area contributed by atoms with Crippen LogP contribution in [0, 0.1) is 0 Å². The summed E-state index contributed by atoms with van der Waals surface area (Å²) in [6.07, 6.45) is 4.84. The molecule has 3 heterocycles. The van der Waals surface area contributed by atoms with Gasteiger partial charge in [0.2, 0.25) is 0 Å². The zero-order valence-electron chi connectivity index (χ0n) is 12.7. The third-order valence-electron chi connectivity index (χ3n) is 4.29. The molecule has 6 nitrogen and oxygen atoms in total. The molecule has 2 aliphatic rings. The molecule has 1 fully saturated rings. The van der Waals surface area contributed by atoms with Gasteiger partial charge in [-0.25, -0.2) is 4.98 Å². The summed E-state index contributed by atoms with van der Waals surface area (Å²) in [5, 5.41) is 10.1. The molecule has 0 radical (unpaired) electrons. The van der Waals surface area contributed by atoms with Gasteiger partial charge in [0.25, 0.3) is 0 Å². The first-order valence-electron chi connectivity index (χ1n) is 7.81. The van der Waals surface area contributed by atoms with Crippen molar-refractivity contribution in [2.24, 2.45) is 7.05 Å². The zero-order valence-corrected chi connectivity index (χ0v) is 12.7. The lowest BCUT2D eigenvalue weighted by atomic mass is 10.1. The van der Waals surface area contributed by atoms with Gasteiger partial charge in [-0.3, -0.25) is 4.90 Å². The lowest BCUT2D eigenvalue weighted by Crippen LogP contribution is -2.39. The number of ether oxygens (including phenoxy) is 2. The van der Waals surface area contributed by atoms with E-state index in [2.05, 4.69) is 14.5 Å². The van der Waals surface area contributed by atoms with E-state index in [9.17, 15) is 5.11 Å². The Balaban J connectivity index is 1.38. The van der Waals surface area contributed by atoms with E-state index in [0.717, 1.165) is 44.7 Å². The van der Waals surface area contributed by atoms with Crippen LogP contribution in [0.5, 0.6) is 0 Å². The average Bonchev–Trinajstić information content (AvgIpc) is 3.09. The third-order valence-corrected chi connectivity index (χ3v) is 4.29. The molecule has 3 rings (SSSR count). The van der Waals surface area contributed by atoms with Crippen molar-refractivity contribution >= 4 is 0 Å². The summed E-state index contributed by atoms with van der Waals surface area (Å²) >= 11 is 0. The molecule has 0 saturated carbocycles. The largest absolute Gasteiger partial charge is 0.389 e. The van der Waals surface area contributed by atoms with Crippen LogP contribution in [0.3, 0.4) is 0 Å². The third kappa shape index (κ3) is 3.83. The van der Waals surface area contributed by atoms with E-state index in [1.165, 1.54) is 5.69 Å². The lowest BCUT2D eigenvalue weighted by molar-refractivity contribution is -0.0262. The Labute approximate surface area is 125 Å². The number of aryl methyl sites for hydroxylation is 1. The standard InChI is InChI=1S/C15H25N3O3/c1-17-11-16-14-8-18(5-4-15(14)17)7-12(19)9-20-10-13-3-2-6-21-13/h11-13,19H,2-10H2,1H3/t12-,13-/m0/s1. The number of fused-ring (bicyclic) bond motifs is 1. The van der Waals surface area contributed by atoms with Gasteiger partial charge in [0.1, 0.15) is 0 Å². The topological polar surface area (TPSA) is 59.8 Å². The van der Waals surface area contributed by atoms with Crippen molar-refractivity contribution in [2.75, 3.05) is 32.9 Å². The second kappa shape index (κ2) is 6.87. The van der Waals surface area contributed by atoms with E-state index >= 15 is 0 Å². The van der Waals surface area contributed by atoms with Crippen LogP contribution in [0.1, 0.15) is 24.2 Å². The smallest absolute Gasteiger partial charge is 0.0949 e. The molecule has 0 bridgehead atoms. The summed E-state index contributed by atoms with van der Waals surface area (Å²) in [6.45, 7) is 4.25. The van der Waals surface area contributed by atoms with Gasteiger partial charge in [-0.05, 0) is 12.8 Å². The molecule has 1 aromatic rings. The second-order valence-corrected chi connectivity index (χ2v) is 6.06. The molecule has 0 unspecified atom stereocenters. The molecule has 0 aromatic carbocycles. The van der Waals surface area contributed by atoms with Gasteiger partial charge in [-0.15, -0.1) is 0 Å². The van der Waals surface area contributed by atoms with Crippen LogP contribution in [-0.2, 0) is 29.5 Å². The Morgan fingerprint density at radius 2 is 2.48 bits per heavy atom. The summed E-state index contributed by atoms with van der Waals surface area (Å²) in [6, 6.07) is 0. The van der Waals surface area contributed by atoms with Gasteiger partial charge in [0.15, 0.2) is 0 Å². The number of β-amino-alcohol motifs (C(OH)–C–C–N with tert-alkyl or cyclic N) is 1. The Hall–Kier alpha value is -0.950. The first-order chi connectivity index (χ1) is 10.2. The van der Waals surface area contributed by atoms with Crippen molar-refractivity contribution in [3.8, 4) is 0 Å². The molecule has 0 aliphatic carbocycles. The molecule has 1 aromatic heterocycles. The maximum atomic E-state index is 10.1. The number of hydrogen-bond donors (Lipinski definition) is 1. The molecule has 0 spiro atoms. The number of hydrogen-bond acceptors (Lipinski definition) is 5. The first kappa shape index (κ1) is 15.0. The van der Waals surface area contributed by atoms with Gasteiger partial charge >= 0.3 is 0 Å². The zero-order chi connectivity index (χ0) is 14.7. The lowest BCUT2D eigenvalue weighted by Gasteiger charge is -2.28. The van der Waals surface area contributed by atoms with E-state index in [-0.39, 0.29) is 6.10 Å². The maximum absolute atomic E-state index is 10.1. The summed E-state index contributed by atoms with van der Waals surface area (Å²) in [5.41, 5.74) is 2.45. The summed E-state index contributed by atoms with van der Waals surface area (Å²) in [5.74, 6) is 0. The number of aliphatic hydroxyl groups excluding tert-OH is 1. The van der Waals surface area contributed by atoms with Crippen LogP contribution >= 0.6 is 0 Å². The van der Waals surface area contributed by atoms with Gasteiger partial charge in [-0.2, -0.15) is 0 Å². The van der Waals surface area contributed by atoms with Crippen molar-refractivity contribution in [2.45, 2.75) is 38.0 Å². The van der Waals surface area contributed by atoms with E-state index in [1.807, 2.05) is 13.4 Å². The highest BCUT2D eigenvalue weighted by molar-refractivity contribution is 5.16. The molecular weight excluding hydrogens is 270 g/mol. The van der Waals surface area contributed by atoms with Crippen molar-refractivity contribution in [3.63, 3.8) is 0 Å². The Kier molecular flexibility index (Phi) is 4.90. The molecule has 1 N–H and O–H groups in total. The van der Waals surface area contributed by atoms with Gasteiger partial charge in [-0.1, -0.05) is 0 Å². The number of nitrogens with zero attached hydrogens (tertiary/aromatic N) is 3. The average molecular weight is 295 g/mol. The predicted octanol–water partition coefficient (Wildman–Crippen LogP) is 0.335. The van der Waals surface area contributed by atoms with E-state index < -0.39 is 6.10 Å². The van der Waals surface area contributed by atoms with Crippen molar-refractivity contribution < 1.29 is 14.6 Å². The van der Waals surface area contributed by atoms with Crippen LogP contribution in [0.15, 0.2) is 6.33 Å². The molecule has 2 atom stereocenters. The first-order valence-corrected chi connectivity index (χ1v) is 7.81. The highest BCUT2D eigenvalue weighted by atomic mass is 16.5. The van der Waals surface area contributed by atoms with E-state index in [1.54, 1.807) is 0 Å². The fourth-order valence-electron chi connectivity index (χ4n) is 3.13. The van der Waals surface area contributed by atoms with Crippen LogP contribution in [0.2, 0.25) is 0 Å². The summed E-state index contributed by atoms with van der Waals surface area (Å²) in [7, 11) is 2.04. The normalized spacial score (nSPS) is 24.2. The Bertz CT molecular complexity index is 457. The number of aromatic nitrogens is 2. The van der Waals surface area contributed by atoms with Crippen LogP contribution < -0.4 is 0 Å². The molecule has 118 valence electrons. The predicted molar refractivity (Wildman–Crippen MR) is 78.0 cm³/mol. The van der Waals surface area contributed by atoms with Crippen molar-refractivity contribution in [1.29, 1.82) is 0 Å². The highest BCUT2D eigenvalue weighted by Gasteiger charge is 2.22. The van der Waals surface area contributed by atoms with Gasteiger partial charge in [0.05, 0.1) is 37.4 Å². The molecule has 1 saturated heterocycles. The maximum Gasteiger partial charge on any atom is 0.0949 e. The van der Waals surface area contributed by atoms with Crippen LogP contribution in [0.4, 0.5) is 0 Å². The summed E-state index contributed by atoms with van der Waals surface area (Å²) < 4.78 is 13.2. The summed E-state index contributed by atoms with van der Waals surface area (Å²) in [4.78, 5) is 6.67. The number of imidazole rings is 1. The van der Waals surface area contributed by atoms with Crippen molar-refractivity contribution in [1.82, 2.24) is 14.5 Å². The van der Waals surface area contributed by atoms with Gasteiger partial charge in [0, 0.05) is 45.4 Å². The number of rotatable bonds is 6. The molecule has 2 aliphatic heterocycles. The highest BCUT2D eigenvalue weighted by Crippen LogP contribution is 2.17. The Morgan fingerprint density at radius 3 is 3.29 bits per heavy atom. The number of aliphatic hydroxyl groups is 1. The minimum atomic E-state index is -0.448. The Morgan fingerprint density at radius 1 is 1.57 bits per heavy atom. The molecular formula is C15H25N3O3. The quantitative estimate of drug-likeness (QED) is 0.820. The van der Waals surface area contributed by atoms with E-state index in [0.29, 0.717) is 19.8 Å². The SMILES string of the molecule is Cn1cnc2c1CCN(C[C@H](O)COC[C@@H]1CCCO1)C2. The second-order valence-electron chi connectivity index (χ2n) is 6.06. The minimum absolute atomic E-state index is 0.225. The molecule has 0 amide bonds. The van der Waals surface area contributed by atoms with Crippen molar-refractivity contribution in [3.05, 3.63) is 17.7 Å². The van der Waals surface area contributed by atoms with Crippen LogP contribution in [-0.4, -0.2) is 64.7 Å². The van der Waals surface area contributed by atoms with E-state index in [4.69, 9.17) is 9.47 Å². The van der Waals surface area contributed by atoms with Crippen LogP contribution in [0.25, 0.3) is 0 Å². The fraction of sp³-hybridized carbons (Fsp3) is 0.800. The van der Waals surface area contributed by atoms with Gasteiger partial charge < -0.3 is 19.1 Å². The monoisotopic (exact) mass is 295 g/mol. The molecule has 6 heteroatoms. The molecule has 21 heavy (non-hydrogen) atoms. The minimum Gasteiger partial charge on any atom is -0.389 e.